The van der Waals surface area contributed by atoms with E-state index in [2.05, 4.69) is 51.6 Å². The molecule has 0 bridgehead atoms. The van der Waals surface area contributed by atoms with Crippen LogP contribution in [0.1, 0.15) is 24.8 Å². The molecule has 0 aliphatic carbocycles. The van der Waals surface area contributed by atoms with Crippen molar-refractivity contribution in [1.82, 2.24) is 5.32 Å². The average Bonchev–Trinajstić information content (AvgIpc) is 2.25. The van der Waals surface area contributed by atoms with Crippen molar-refractivity contribution >= 4 is 15.9 Å². The first-order valence-corrected chi connectivity index (χ1v) is 6.36. The summed E-state index contributed by atoms with van der Waals surface area (Å²) in [4.78, 5) is 0. The molecule has 0 amide bonds. The fraction of sp³-hybridized carbons (Fsp3) is 0.500. The lowest BCUT2D eigenvalue weighted by molar-refractivity contribution is 0.619. The summed E-state index contributed by atoms with van der Waals surface area (Å²) >= 11 is 3.43. The smallest absolute Gasteiger partial charge is 0.0205 e. The second kappa shape index (κ2) is 8.01. The van der Waals surface area contributed by atoms with E-state index in [1.54, 1.807) is 0 Å². The number of unbranched alkanes of at least 4 members (excludes halogenated alkanes) is 2. The van der Waals surface area contributed by atoms with Crippen molar-refractivity contribution in [2.45, 2.75) is 25.8 Å². The molecule has 1 aromatic rings. The fourth-order valence-electron chi connectivity index (χ4n) is 1.35. The average molecular weight is 256 g/mol. The zero-order valence-corrected chi connectivity index (χ0v) is 10.1. The van der Waals surface area contributed by atoms with Crippen LogP contribution in [0.15, 0.2) is 30.3 Å². The number of hydrogen-bond acceptors (Lipinski definition) is 1. The number of hydrogen-bond donors (Lipinski definition) is 1. The first-order chi connectivity index (χ1) is 6.93. The van der Waals surface area contributed by atoms with Gasteiger partial charge in [0.25, 0.3) is 0 Å². The summed E-state index contributed by atoms with van der Waals surface area (Å²) in [6.45, 7) is 2.12. The Morgan fingerprint density at radius 1 is 1.00 bits per heavy atom. The van der Waals surface area contributed by atoms with Crippen LogP contribution in [-0.4, -0.2) is 11.9 Å². The Hall–Kier alpha value is -0.340. The summed E-state index contributed by atoms with van der Waals surface area (Å²) in [7, 11) is 0. The quantitative estimate of drug-likeness (QED) is 0.582. The van der Waals surface area contributed by atoms with E-state index < -0.39 is 0 Å². The van der Waals surface area contributed by atoms with Gasteiger partial charge in [-0.25, -0.2) is 0 Å². The lowest BCUT2D eigenvalue weighted by Crippen LogP contribution is -2.14. The molecule has 1 nitrogen and oxygen atoms in total. The van der Waals surface area contributed by atoms with Gasteiger partial charge in [0.2, 0.25) is 0 Å². The maximum absolute atomic E-state index is 3.45. The molecular formula is C12H18BrN. The minimum Gasteiger partial charge on any atom is -0.313 e. The van der Waals surface area contributed by atoms with Crippen molar-refractivity contribution in [1.29, 1.82) is 0 Å². The molecule has 0 saturated carbocycles. The molecule has 0 saturated heterocycles. The molecule has 0 unspecified atom stereocenters. The Morgan fingerprint density at radius 2 is 1.79 bits per heavy atom. The standard InChI is InChI=1S/C12H18BrN/c13-9-5-2-6-10-14-11-12-7-3-1-4-8-12/h1,3-4,7-8,14H,2,5-6,9-11H2. The van der Waals surface area contributed by atoms with Gasteiger partial charge in [-0.15, -0.1) is 0 Å². The zero-order valence-electron chi connectivity index (χ0n) is 8.51. The minimum atomic E-state index is 0.995. The van der Waals surface area contributed by atoms with Crippen molar-refractivity contribution in [2.75, 3.05) is 11.9 Å². The van der Waals surface area contributed by atoms with Gasteiger partial charge in [-0.05, 0) is 24.9 Å². The molecule has 1 N–H and O–H groups in total. The zero-order chi connectivity index (χ0) is 10.1. The Labute approximate surface area is 95.0 Å². The van der Waals surface area contributed by atoms with Gasteiger partial charge in [0, 0.05) is 11.9 Å². The van der Waals surface area contributed by atoms with Crippen LogP contribution in [-0.2, 0) is 6.54 Å². The predicted octanol–water partition coefficient (Wildman–Crippen LogP) is 3.34. The molecule has 0 heterocycles. The minimum absolute atomic E-state index is 0.995. The first kappa shape index (κ1) is 11.7. The number of alkyl halides is 1. The van der Waals surface area contributed by atoms with E-state index in [0.29, 0.717) is 0 Å². The maximum Gasteiger partial charge on any atom is 0.0205 e. The second-order valence-corrected chi connectivity index (χ2v) is 4.21. The van der Waals surface area contributed by atoms with Crippen LogP contribution in [0.2, 0.25) is 0 Å². The SMILES string of the molecule is BrCCCCCNCc1ccccc1. The van der Waals surface area contributed by atoms with Crippen molar-refractivity contribution in [3.05, 3.63) is 35.9 Å². The van der Waals surface area contributed by atoms with Crippen LogP contribution in [0.4, 0.5) is 0 Å². The Morgan fingerprint density at radius 3 is 2.50 bits per heavy atom. The van der Waals surface area contributed by atoms with Gasteiger partial charge in [0.1, 0.15) is 0 Å². The van der Waals surface area contributed by atoms with E-state index >= 15 is 0 Å². The molecule has 2 heteroatoms. The molecule has 0 aliphatic heterocycles. The summed E-state index contributed by atoms with van der Waals surface area (Å²) in [5, 5.41) is 4.58. The summed E-state index contributed by atoms with van der Waals surface area (Å²) in [5.74, 6) is 0. The Balaban J connectivity index is 1.99. The van der Waals surface area contributed by atoms with Gasteiger partial charge < -0.3 is 5.32 Å². The lowest BCUT2D eigenvalue weighted by atomic mass is 10.2. The highest BCUT2D eigenvalue weighted by Gasteiger charge is 1.90. The van der Waals surface area contributed by atoms with E-state index in [0.717, 1.165) is 18.4 Å². The van der Waals surface area contributed by atoms with Gasteiger partial charge in [-0.2, -0.15) is 0 Å². The number of nitrogens with one attached hydrogen (secondary N) is 1. The highest BCUT2D eigenvalue weighted by molar-refractivity contribution is 9.09. The molecule has 0 spiro atoms. The molecule has 0 aromatic heterocycles. The van der Waals surface area contributed by atoms with Gasteiger partial charge in [0.15, 0.2) is 0 Å². The van der Waals surface area contributed by atoms with E-state index in [4.69, 9.17) is 0 Å². The van der Waals surface area contributed by atoms with Gasteiger partial charge in [-0.3, -0.25) is 0 Å². The fourth-order valence-corrected chi connectivity index (χ4v) is 1.75. The van der Waals surface area contributed by atoms with Gasteiger partial charge in [0.05, 0.1) is 0 Å². The molecule has 1 aromatic carbocycles. The third-order valence-electron chi connectivity index (χ3n) is 2.16. The maximum atomic E-state index is 3.45. The van der Waals surface area contributed by atoms with Crippen molar-refractivity contribution in [3.63, 3.8) is 0 Å². The number of rotatable bonds is 7. The summed E-state index contributed by atoms with van der Waals surface area (Å²) < 4.78 is 0. The van der Waals surface area contributed by atoms with Gasteiger partial charge in [-0.1, -0.05) is 52.7 Å². The van der Waals surface area contributed by atoms with Crippen LogP contribution in [0.5, 0.6) is 0 Å². The molecule has 14 heavy (non-hydrogen) atoms. The summed E-state index contributed by atoms with van der Waals surface area (Å²) in [6.07, 6.45) is 3.87. The third-order valence-corrected chi connectivity index (χ3v) is 2.72. The highest BCUT2D eigenvalue weighted by atomic mass is 79.9. The van der Waals surface area contributed by atoms with Crippen LogP contribution >= 0.6 is 15.9 Å². The molecule has 0 radical (unpaired) electrons. The molecule has 1 rings (SSSR count). The van der Waals surface area contributed by atoms with Crippen LogP contribution in [0, 0.1) is 0 Å². The molecular weight excluding hydrogens is 238 g/mol. The third kappa shape index (κ3) is 5.40. The van der Waals surface area contributed by atoms with Gasteiger partial charge >= 0.3 is 0 Å². The number of halogens is 1. The van der Waals surface area contributed by atoms with Crippen LogP contribution < -0.4 is 5.32 Å². The summed E-state index contributed by atoms with van der Waals surface area (Å²) in [5.41, 5.74) is 1.37. The molecule has 78 valence electrons. The highest BCUT2D eigenvalue weighted by Crippen LogP contribution is 1.99. The molecule has 0 fully saturated rings. The largest absolute Gasteiger partial charge is 0.313 e. The Bertz CT molecular complexity index is 223. The van der Waals surface area contributed by atoms with Crippen molar-refractivity contribution < 1.29 is 0 Å². The lowest BCUT2D eigenvalue weighted by Gasteiger charge is -2.03. The van der Waals surface area contributed by atoms with Crippen LogP contribution in [0.3, 0.4) is 0 Å². The van der Waals surface area contributed by atoms with E-state index in [1.807, 2.05) is 0 Å². The van der Waals surface area contributed by atoms with E-state index in [9.17, 15) is 0 Å². The Kier molecular flexibility index (Phi) is 6.71. The molecule has 0 atom stereocenters. The van der Waals surface area contributed by atoms with Crippen molar-refractivity contribution in [3.8, 4) is 0 Å². The predicted molar refractivity (Wildman–Crippen MR) is 65.8 cm³/mol. The van der Waals surface area contributed by atoms with E-state index in [1.165, 1.54) is 24.8 Å². The normalized spacial score (nSPS) is 10.4. The number of benzene rings is 1. The monoisotopic (exact) mass is 255 g/mol. The first-order valence-electron chi connectivity index (χ1n) is 5.24. The second-order valence-electron chi connectivity index (χ2n) is 3.41. The van der Waals surface area contributed by atoms with E-state index in [-0.39, 0.29) is 0 Å². The van der Waals surface area contributed by atoms with Crippen LogP contribution in [0.25, 0.3) is 0 Å². The van der Waals surface area contributed by atoms with Crippen molar-refractivity contribution in [2.24, 2.45) is 0 Å². The summed E-state index contributed by atoms with van der Waals surface area (Å²) in [6, 6.07) is 10.5. The topological polar surface area (TPSA) is 12.0 Å². The molecule has 0 aliphatic rings.